The topological polar surface area (TPSA) is 41.1 Å². The zero-order valence-electron chi connectivity index (χ0n) is 10.9. The lowest BCUT2D eigenvalue weighted by Crippen LogP contribution is -2.24. The van der Waals surface area contributed by atoms with Crippen molar-refractivity contribution in [2.75, 3.05) is 18.5 Å². The third-order valence-electron chi connectivity index (χ3n) is 2.58. The largest absolute Gasteiger partial charge is 0.344 e. The fourth-order valence-electron chi connectivity index (χ4n) is 1.29. The van der Waals surface area contributed by atoms with Gasteiger partial charge >= 0.3 is 0 Å². The molecule has 0 bridgehead atoms. The second kappa shape index (κ2) is 5.80. The Bertz CT molecular complexity index is 336. The average molecular weight is 222 g/mol. The molecule has 16 heavy (non-hydrogen) atoms. The fourth-order valence-corrected chi connectivity index (χ4v) is 1.29. The minimum atomic E-state index is 0.484. The molecule has 0 radical (unpaired) electrons. The highest BCUT2D eigenvalue weighted by Gasteiger charge is 2.06. The summed E-state index contributed by atoms with van der Waals surface area (Å²) in [6.45, 7) is 10.1. The summed E-state index contributed by atoms with van der Waals surface area (Å²) in [6.07, 6.45) is 1.92. The van der Waals surface area contributed by atoms with Crippen LogP contribution in [0.2, 0.25) is 0 Å². The highest BCUT2D eigenvalue weighted by Crippen LogP contribution is 2.09. The molecule has 0 aliphatic carbocycles. The van der Waals surface area contributed by atoms with E-state index in [1.54, 1.807) is 0 Å². The van der Waals surface area contributed by atoms with Crippen molar-refractivity contribution in [1.29, 1.82) is 0 Å². The van der Waals surface area contributed by atoms with Gasteiger partial charge in [0.25, 0.3) is 0 Å². The first-order valence-electron chi connectivity index (χ1n) is 5.81. The third kappa shape index (κ3) is 3.45. The van der Waals surface area contributed by atoms with Crippen LogP contribution in [0.1, 0.15) is 32.0 Å². The second-order valence-electron chi connectivity index (χ2n) is 4.33. The van der Waals surface area contributed by atoms with E-state index in [2.05, 4.69) is 36.1 Å². The molecule has 0 saturated heterocycles. The van der Waals surface area contributed by atoms with Crippen molar-refractivity contribution < 1.29 is 0 Å². The van der Waals surface area contributed by atoms with Gasteiger partial charge in [-0.25, -0.2) is 9.97 Å². The van der Waals surface area contributed by atoms with Crippen LogP contribution in [-0.4, -0.2) is 29.6 Å². The summed E-state index contributed by atoms with van der Waals surface area (Å²) in [5, 5.41) is 3.37. The Kier molecular flexibility index (Phi) is 4.68. The maximum Gasteiger partial charge on any atom is 0.225 e. The quantitative estimate of drug-likeness (QED) is 0.824. The van der Waals surface area contributed by atoms with E-state index in [-0.39, 0.29) is 0 Å². The van der Waals surface area contributed by atoms with Crippen LogP contribution in [-0.2, 0) is 6.54 Å². The third-order valence-corrected chi connectivity index (χ3v) is 2.58. The van der Waals surface area contributed by atoms with Crippen molar-refractivity contribution in [3.63, 3.8) is 0 Å². The van der Waals surface area contributed by atoms with Gasteiger partial charge in [0.05, 0.1) is 0 Å². The Hall–Kier alpha value is -1.16. The van der Waals surface area contributed by atoms with E-state index in [0.717, 1.165) is 24.7 Å². The van der Waals surface area contributed by atoms with Gasteiger partial charge in [0.15, 0.2) is 0 Å². The number of hydrogen-bond donors (Lipinski definition) is 1. The monoisotopic (exact) mass is 222 g/mol. The Morgan fingerprint density at radius 3 is 2.62 bits per heavy atom. The summed E-state index contributed by atoms with van der Waals surface area (Å²) in [5.74, 6) is 0.799. The zero-order valence-corrected chi connectivity index (χ0v) is 10.9. The maximum absolute atomic E-state index is 4.50. The van der Waals surface area contributed by atoms with Gasteiger partial charge in [0.2, 0.25) is 5.95 Å². The lowest BCUT2D eigenvalue weighted by atomic mass is 10.2. The number of hydrogen-bond acceptors (Lipinski definition) is 4. The lowest BCUT2D eigenvalue weighted by molar-refractivity contribution is 0.584. The molecular formula is C12H22N4. The molecule has 1 rings (SSSR count). The van der Waals surface area contributed by atoms with Crippen molar-refractivity contribution in [3.8, 4) is 0 Å². The standard InChI is InChI=1S/C12H22N4/c1-6-16(5)12-14-8-11(10(4)15-12)7-13-9(2)3/h8-9,13H,6-7H2,1-5H3. The van der Waals surface area contributed by atoms with Gasteiger partial charge in [-0.05, 0) is 13.8 Å². The summed E-state index contributed by atoms with van der Waals surface area (Å²) >= 11 is 0. The van der Waals surface area contributed by atoms with Crippen LogP contribution in [0.25, 0.3) is 0 Å². The number of rotatable bonds is 5. The molecule has 1 heterocycles. The SMILES string of the molecule is CCN(C)c1ncc(CNC(C)C)c(C)n1. The molecule has 1 aromatic rings. The molecule has 0 aliphatic heterocycles. The lowest BCUT2D eigenvalue weighted by Gasteiger charge is -2.16. The Morgan fingerprint density at radius 1 is 1.44 bits per heavy atom. The molecule has 1 N–H and O–H groups in total. The molecular weight excluding hydrogens is 200 g/mol. The fraction of sp³-hybridized carbons (Fsp3) is 0.667. The molecule has 0 amide bonds. The molecule has 0 saturated carbocycles. The Labute approximate surface area is 98.1 Å². The zero-order chi connectivity index (χ0) is 12.1. The Balaban J connectivity index is 2.75. The summed E-state index contributed by atoms with van der Waals surface area (Å²) in [7, 11) is 2.00. The highest BCUT2D eigenvalue weighted by molar-refractivity contribution is 5.31. The van der Waals surface area contributed by atoms with Crippen LogP contribution in [0.3, 0.4) is 0 Å². The molecule has 4 nitrogen and oxygen atoms in total. The number of aromatic nitrogens is 2. The van der Waals surface area contributed by atoms with Crippen LogP contribution in [0.5, 0.6) is 0 Å². The van der Waals surface area contributed by atoms with E-state index in [1.165, 1.54) is 5.56 Å². The van der Waals surface area contributed by atoms with Gasteiger partial charge in [-0.3, -0.25) is 0 Å². The van der Waals surface area contributed by atoms with Gasteiger partial charge < -0.3 is 10.2 Å². The molecule has 0 unspecified atom stereocenters. The van der Waals surface area contributed by atoms with Gasteiger partial charge in [-0.1, -0.05) is 13.8 Å². The van der Waals surface area contributed by atoms with E-state index < -0.39 is 0 Å². The van der Waals surface area contributed by atoms with Crippen LogP contribution in [0.4, 0.5) is 5.95 Å². The van der Waals surface area contributed by atoms with Crippen LogP contribution >= 0.6 is 0 Å². The second-order valence-corrected chi connectivity index (χ2v) is 4.33. The number of aryl methyl sites for hydroxylation is 1. The van der Waals surface area contributed by atoms with Crippen LogP contribution < -0.4 is 10.2 Å². The summed E-state index contributed by atoms with van der Waals surface area (Å²) in [6, 6.07) is 0.484. The first kappa shape index (κ1) is 12.9. The average Bonchev–Trinajstić information content (AvgIpc) is 2.26. The summed E-state index contributed by atoms with van der Waals surface area (Å²) < 4.78 is 0. The van der Waals surface area contributed by atoms with Crippen LogP contribution in [0, 0.1) is 6.92 Å². The Morgan fingerprint density at radius 2 is 2.12 bits per heavy atom. The van der Waals surface area contributed by atoms with Gasteiger partial charge in [0.1, 0.15) is 0 Å². The van der Waals surface area contributed by atoms with Crippen molar-refractivity contribution in [1.82, 2.24) is 15.3 Å². The highest BCUT2D eigenvalue weighted by atomic mass is 15.2. The molecule has 90 valence electrons. The minimum Gasteiger partial charge on any atom is -0.344 e. The minimum absolute atomic E-state index is 0.484. The predicted molar refractivity (Wildman–Crippen MR) is 67.7 cm³/mol. The molecule has 0 aliphatic rings. The van der Waals surface area contributed by atoms with Gasteiger partial charge in [-0.2, -0.15) is 0 Å². The van der Waals surface area contributed by atoms with E-state index in [9.17, 15) is 0 Å². The summed E-state index contributed by atoms with van der Waals surface area (Å²) in [4.78, 5) is 10.9. The molecule has 4 heteroatoms. The maximum atomic E-state index is 4.50. The van der Waals surface area contributed by atoms with Crippen molar-refractivity contribution in [2.45, 2.75) is 40.3 Å². The molecule has 0 atom stereocenters. The van der Waals surface area contributed by atoms with Crippen molar-refractivity contribution >= 4 is 5.95 Å². The smallest absolute Gasteiger partial charge is 0.225 e. The molecule has 0 spiro atoms. The number of anilines is 1. The van der Waals surface area contributed by atoms with E-state index >= 15 is 0 Å². The van der Waals surface area contributed by atoms with Gasteiger partial charge in [0, 0.05) is 43.6 Å². The predicted octanol–water partition coefficient (Wildman–Crippen LogP) is 1.74. The first-order valence-corrected chi connectivity index (χ1v) is 5.81. The normalized spacial score (nSPS) is 10.9. The van der Waals surface area contributed by atoms with E-state index in [0.29, 0.717) is 6.04 Å². The number of nitrogens with zero attached hydrogens (tertiary/aromatic N) is 3. The van der Waals surface area contributed by atoms with Crippen molar-refractivity contribution in [3.05, 3.63) is 17.5 Å². The van der Waals surface area contributed by atoms with Crippen molar-refractivity contribution in [2.24, 2.45) is 0 Å². The number of nitrogens with one attached hydrogen (secondary N) is 1. The van der Waals surface area contributed by atoms with E-state index in [4.69, 9.17) is 0 Å². The first-order chi connectivity index (χ1) is 7.54. The van der Waals surface area contributed by atoms with E-state index in [1.807, 2.05) is 25.1 Å². The van der Waals surface area contributed by atoms with Gasteiger partial charge in [-0.15, -0.1) is 0 Å². The molecule has 0 aromatic carbocycles. The molecule has 1 aromatic heterocycles. The summed E-state index contributed by atoms with van der Waals surface area (Å²) in [5.41, 5.74) is 2.22. The molecule has 0 fully saturated rings. The van der Waals surface area contributed by atoms with Crippen LogP contribution in [0.15, 0.2) is 6.20 Å².